The van der Waals surface area contributed by atoms with Crippen molar-refractivity contribution in [3.8, 4) is 11.5 Å². The number of hydrogen-bond acceptors (Lipinski definition) is 4. The van der Waals surface area contributed by atoms with Crippen molar-refractivity contribution in [3.05, 3.63) is 54.4 Å². The Morgan fingerprint density at radius 3 is 2.44 bits per heavy atom. The fraction of sp³-hybridized carbons (Fsp3) is 0.316. The minimum absolute atomic E-state index is 0.126. The molecule has 0 spiro atoms. The molecule has 0 unspecified atom stereocenters. The highest BCUT2D eigenvalue weighted by atomic mass is 16.5. The van der Waals surface area contributed by atoms with Gasteiger partial charge in [-0.05, 0) is 49.2 Å². The van der Waals surface area contributed by atoms with Crippen LogP contribution in [0.2, 0.25) is 0 Å². The maximum atomic E-state index is 12.1. The Bertz CT molecular complexity index is 672. The van der Waals surface area contributed by atoms with E-state index in [9.17, 15) is 9.59 Å². The molecule has 2 rings (SSSR count). The number of carboxylic acids is 1. The van der Waals surface area contributed by atoms with E-state index < -0.39 is 5.97 Å². The largest absolute Gasteiger partial charge is 0.481 e. The monoisotopic (exact) mass is 342 g/mol. The van der Waals surface area contributed by atoms with Crippen LogP contribution in [0, 0.1) is 0 Å². The number of carboxylic acid groups (broad SMARTS) is 1. The topological polar surface area (TPSA) is 88.5 Å². The summed E-state index contributed by atoms with van der Waals surface area (Å²) in [4.78, 5) is 26.4. The van der Waals surface area contributed by atoms with Crippen molar-refractivity contribution in [3.63, 3.8) is 0 Å². The Kier molecular flexibility index (Phi) is 7.43. The number of pyridine rings is 1. The summed E-state index contributed by atoms with van der Waals surface area (Å²) in [6.45, 7) is 0.583. The van der Waals surface area contributed by atoms with E-state index in [1.165, 1.54) is 0 Å². The molecule has 0 atom stereocenters. The van der Waals surface area contributed by atoms with E-state index in [-0.39, 0.29) is 12.3 Å². The summed E-state index contributed by atoms with van der Waals surface area (Å²) in [5, 5.41) is 11.4. The lowest BCUT2D eigenvalue weighted by Crippen LogP contribution is -2.24. The Labute approximate surface area is 146 Å². The molecular weight excluding hydrogens is 320 g/mol. The minimum Gasteiger partial charge on any atom is -0.481 e. The first-order valence-electron chi connectivity index (χ1n) is 8.33. The van der Waals surface area contributed by atoms with E-state index in [0.717, 1.165) is 19.3 Å². The molecule has 25 heavy (non-hydrogen) atoms. The molecule has 0 radical (unpaired) electrons. The molecule has 0 aliphatic heterocycles. The van der Waals surface area contributed by atoms with Crippen LogP contribution in [0.15, 0.2) is 48.8 Å². The molecule has 0 saturated heterocycles. The van der Waals surface area contributed by atoms with Crippen molar-refractivity contribution in [2.24, 2.45) is 0 Å². The molecule has 0 bridgehead atoms. The van der Waals surface area contributed by atoms with Gasteiger partial charge in [0, 0.05) is 24.7 Å². The van der Waals surface area contributed by atoms with Gasteiger partial charge in [0.1, 0.15) is 11.5 Å². The van der Waals surface area contributed by atoms with Gasteiger partial charge in [0.25, 0.3) is 5.91 Å². The quantitative estimate of drug-likeness (QED) is 0.644. The van der Waals surface area contributed by atoms with Crippen LogP contribution in [0.4, 0.5) is 0 Å². The van der Waals surface area contributed by atoms with Gasteiger partial charge < -0.3 is 15.2 Å². The van der Waals surface area contributed by atoms with Crippen molar-refractivity contribution in [2.75, 3.05) is 6.54 Å². The van der Waals surface area contributed by atoms with Gasteiger partial charge >= 0.3 is 5.97 Å². The first kappa shape index (κ1) is 18.4. The number of carbonyl (C=O) groups is 2. The van der Waals surface area contributed by atoms with Crippen LogP contribution < -0.4 is 10.1 Å². The highest BCUT2D eigenvalue weighted by Crippen LogP contribution is 2.20. The van der Waals surface area contributed by atoms with Crippen LogP contribution in [-0.2, 0) is 4.79 Å². The van der Waals surface area contributed by atoms with Gasteiger partial charge in [-0.1, -0.05) is 12.8 Å². The fourth-order valence-corrected chi connectivity index (χ4v) is 2.28. The number of unbranched alkanes of at least 4 members (excludes halogenated alkanes) is 3. The maximum Gasteiger partial charge on any atom is 0.303 e. The van der Waals surface area contributed by atoms with Gasteiger partial charge in [-0.3, -0.25) is 14.6 Å². The highest BCUT2D eigenvalue weighted by Gasteiger charge is 2.05. The fourth-order valence-electron chi connectivity index (χ4n) is 2.28. The Morgan fingerprint density at radius 1 is 1.00 bits per heavy atom. The number of aliphatic carboxylic acids is 1. The molecule has 1 heterocycles. The molecule has 132 valence electrons. The molecule has 0 saturated carbocycles. The molecule has 2 aromatic rings. The van der Waals surface area contributed by atoms with Crippen molar-refractivity contribution >= 4 is 11.9 Å². The predicted molar refractivity (Wildman–Crippen MR) is 93.8 cm³/mol. The lowest BCUT2D eigenvalue weighted by molar-refractivity contribution is -0.137. The third kappa shape index (κ3) is 7.03. The van der Waals surface area contributed by atoms with Gasteiger partial charge in [-0.25, -0.2) is 0 Å². The molecule has 0 aliphatic carbocycles. The van der Waals surface area contributed by atoms with E-state index in [4.69, 9.17) is 9.84 Å². The molecule has 6 heteroatoms. The normalized spacial score (nSPS) is 10.2. The van der Waals surface area contributed by atoms with Gasteiger partial charge in [-0.15, -0.1) is 0 Å². The third-order valence-corrected chi connectivity index (χ3v) is 3.59. The van der Waals surface area contributed by atoms with Gasteiger partial charge in [0.15, 0.2) is 0 Å². The summed E-state index contributed by atoms with van der Waals surface area (Å²) >= 11 is 0. The minimum atomic E-state index is -0.760. The average molecular weight is 342 g/mol. The van der Waals surface area contributed by atoms with Gasteiger partial charge in [0.2, 0.25) is 0 Å². The number of amides is 1. The zero-order valence-electron chi connectivity index (χ0n) is 14.0. The number of ether oxygens (including phenoxy) is 1. The summed E-state index contributed by atoms with van der Waals surface area (Å²) in [7, 11) is 0. The smallest absolute Gasteiger partial charge is 0.303 e. The molecule has 1 amide bonds. The average Bonchev–Trinajstić information content (AvgIpc) is 2.62. The van der Waals surface area contributed by atoms with E-state index >= 15 is 0 Å². The second-order valence-electron chi connectivity index (χ2n) is 5.63. The summed E-state index contributed by atoms with van der Waals surface area (Å²) in [6.07, 6.45) is 6.80. The first-order chi connectivity index (χ1) is 12.1. The number of rotatable bonds is 10. The number of carbonyl (C=O) groups excluding carboxylic acids is 1. The Hall–Kier alpha value is -2.89. The number of benzene rings is 1. The summed E-state index contributed by atoms with van der Waals surface area (Å²) < 4.78 is 5.63. The van der Waals surface area contributed by atoms with Crippen LogP contribution in [-0.4, -0.2) is 28.5 Å². The second kappa shape index (κ2) is 10.1. The highest BCUT2D eigenvalue weighted by molar-refractivity contribution is 5.94. The molecule has 0 aliphatic rings. The Balaban J connectivity index is 1.69. The number of nitrogens with one attached hydrogen (secondary N) is 1. The second-order valence-corrected chi connectivity index (χ2v) is 5.63. The van der Waals surface area contributed by atoms with Crippen molar-refractivity contribution in [2.45, 2.75) is 32.1 Å². The van der Waals surface area contributed by atoms with E-state index in [2.05, 4.69) is 10.3 Å². The van der Waals surface area contributed by atoms with Crippen molar-refractivity contribution in [1.29, 1.82) is 0 Å². The summed E-state index contributed by atoms with van der Waals surface area (Å²) in [5.41, 5.74) is 0.574. The molecular formula is C19H22N2O4. The van der Waals surface area contributed by atoms with Crippen LogP contribution in [0.5, 0.6) is 11.5 Å². The molecule has 0 fully saturated rings. The summed E-state index contributed by atoms with van der Waals surface area (Å²) in [5.74, 6) is 0.397. The third-order valence-electron chi connectivity index (χ3n) is 3.59. The van der Waals surface area contributed by atoms with Crippen LogP contribution >= 0.6 is 0 Å². The number of hydrogen-bond donors (Lipinski definition) is 2. The van der Waals surface area contributed by atoms with Crippen molar-refractivity contribution < 1.29 is 19.4 Å². The standard InChI is InChI=1S/C19H22N2O4/c22-18(23)7-3-1-2-4-13-21-19(24)15-8-10-16(11-9-15)25-17-6-5-12-20-14-17/h5-6,8-12,14H,1-4,7,13H2,(H,21,24)(H,22,23). The van der Waals surface area contributed by atoms with E-state index in [1.807, 2.05) is 6.07 Å². The van der Waals surface area contributed by atoms with Crippen LogP contribution in [0.1, 0.15) is 42.5 Å². The van der Waals surface area contributed by atoms with E-state index in [1.54, 1.807) is 42.7 Å². The van der Waals surface area contributed by atoms with Crippen molar-refractivity contribution in [1.82, 2.24) is 10.3 Å². The zero-order valence-corrected chi connectivity index (χ0v) is 14.0. The van der Waals surface area contributed by atoms with Crippen LogP contribution in [0.3, 0.4) is 0 Å². The number of aromatic nitrogens is 1. The maximum absolute atomic E-state index is 12.1. The molecule has 1 aromatic heterocycles. The summed E-state index contributed by atoms with van der Waals surface area (Å²) in [6, 6.07) is 10.5. The van der Waals surface area contributed by atoms with E-state index in [0.29, 0.717) is 30.0 Å². The van der Waals surface area contributed by atoms with Gasteiger partial charge in [0.05, 0.1) is 6.20 Å². The number of nitrogens with zero attached hydrogens (tertiary/aromatic N) is 1. The molecule has 6 nitrogen and oxygen atoms in total. The predicted octanol–water partition coefficient (Wildman–Crippen LogP) is 3.64. The lowest BCUT2D eigenvalue weighted by atomic mass is 10.1. The lowest BCUT2D eigenvalue weighted by Gasteiger charge is -2.07. The first-order valence-corrected chi connectivity index (χ1v) is 8.33. The Morgan fingerprint density at radius 2 is 1.76 bits per heavy atom. The molecule has 1 aromatic carbocycles. The van der Waals surface area contributed by atoms with Crippen LogP contribution in [0.25, 0.3) is 0 Å². The SMILES string of the molecule is O=C(O)CCCCCCNC(=O)c1ccc(Oc2cccnc2)cc1. The molecule has 2 N–H and O–H groups in total. The van der Waals surface area contributed by atoms with Gasteiger partial charge in [-0.2, -0.15) is 0 Å². The zero-order chi connectivity index (χ0) is 17.9.